The van der Waals surface area contributed by atoms with Crippen LogP contribution in [-0.4, -0.2) is 82.3 Å². The Hall–Kier alpha value is -2.69. The number of carbonyl (C=O) groups is 5. The molecule has 2 rings (SSSR count). The number of hydrogen-bond donors (Lipinski definition) is 4. The molecule has 11 heteroatoms. The molecule has 2 saturated heterocycles. The smallest absolute Gasteiger partial charge is 0.322 e. The number of hydrogen-bond acceptors (Lipinski definition) is 6. The Balaban J connectivity index is 2.02. The molecule has 0 aromatic rings. The maximum absolute atomic E-state index is 13.0. The lowest BCUT2D eigenvalue weighted by molar-refractivity contribution is -0.147. The molecule has 2 fully saturated rings. The number of nitrogens with zero attached hydrogens (tertiary/aromatic N) is 2. The Morgan fingerprint density at radius 1 is 1.04 bits per heavy atom. The monoisotopic (exact) mass is 397 g/mol. The van der Waals surface area contributed by atoms with E-state index in [0.717, 1.165) is 0 Å². The fourth-order valence-corrected chi connectivity index (χ4v) is 3.70. The van der Waals surface area contributed by atoms with Crippen LogP contribution in [0.1, 0.15) is 38.5 Å². The first kappa shape index (κ1) is 21.6. The van der Waals surface area contributed by atoms with Gasteiger partial charge in [0, 0.05) is 19.5 Å². The third kappa shape index (κ3) is 5.18. The average molecular weight is 397 g/mol. The van der Waals surface area contributed by atoms with Gasteiger partial charge in [0.2, 0.25) is 23.6 Å². The highest BCUT2D eigenvalue weighted by atomic mass is 16.4. The van der Waals surface area contributed by atoms with Gasteiger partial charge in [0.1, 0.15) is 18.6 Å². The predicted molar refractivity (Wildman–Crippen MR) is 96.5 cm³/mol. The van der Waals surface area contributed by atoms with Gasteiger partial charge >= 0.3 is 5.97 Å². The van der Waals surface area contributed by atoms with Gasteiger partial charge in [0.05, 0.1) is 6.04 Å². The molecule has 156 valence electrons. The number of primary amides is 1. The molecule has 6 N–H and O–H groups in total. The molecule has 0 bridgehead atoms. The highest BCUT2D eigenvalue weighted by Gasteiger charge is 2.42. The van der Waals surface area contributed by atoms with Gasteiger partial charge < -0.3 is 31.7 Å². The summed E-state index contributed by atoms with van der Waals surface area (Å²) in [6, 6.07) is -2.37. The quantitative estimate of drug-likeness (QED) is 0.358. The summed E-state index contributed by atoms with van der Waals surface area (Å²) >= 11 is 0. The van der Waals surface area contributed by atoms with Crippen molar-refractivity contribution in [3.63, 3.8) is 0 Å². The van der Waals surface area contributed by atoms with Gasteiger partial charge in [-0.1, -0.05) is 0 Å². The van der Waals surface area contributed by atoms with E-state index in [1.54, 1.807) is 0 Å². The molecule has 0 aromatic heterocycles. The van der Waals surface area contributed by atoms with Crippen molar-refractivity contribution in [2.75, 3.05) is 19.6 Å². The molecule has 2 aliphatic heterocycles. The van der Waals surface area contributed by atoms with Gasteiger partial charge in [-0.2, -0.15) is 0 Å². The second-order valence-electron chi connectivity index (χ2n) is 7.10. The minimum Gasteiger partial charge on any atom is -0.480 e. The van der Waals surface area contributed by atoms with Crippen molar-refractivity contribution in [2.24, 2.45) is 11.5 Å². The Bertz CT molecular complexity index is 654. The molecule has 2 heterocycles. The van der Waals surface area contributed by atoms with Crippen molar-refractivity contribution in [3.05, 3.63) is 0 Å². The van der Waals surface area contributed by atoms with E-state index < -0.39 is 48.4 Å². The molecular formula is C17H27N5O6. The molecule has 0 radical (unpaired) electrons. The van der Waals surface area contributed by atoms with Crippen LogP contribution in [0.15, 0.2) is 0 Å². The maximum atomic E-state index is 13.0. The molecule has 0 aromatic carbocycles. The van der Waals surface area contributed by atoms with E-state index in [0.29, 0.717) is 38.8 Å². The van der Waals surface area contributed by atoms with E-state index in [2.05, 4.69) is 5.32 Å². The number of carboxylic acids is 1. The van der Waals surface area contributed by atoms with E-state index in [-0.39, 0.29) is 18.7 Å². The molecule has 11 nitrogen and oxygen atoms in total. The Morgan fingerprint density at radius 2 is 1.64 bits per heavy atom. The van der Waals surface area contributed by atoms with E-state index >= 15 is 0 Å². The normalized spacial score (nSPS) is 22.8. The minimum absolute atomic E-state index is 0.0166. The zero-order valence-corrected chi connectivity index (χ0v) is 15.6. The van der Waals surface area contributed by atoms with Gasteiger partial charge in [-0.15, -0.1) is 0 Å². The van der Waals surface area contributed by atoms with Crippen molar-refractivity contribution < 1.29 is 29.1 Å². The second-order valence-corrected chi connectivity index (χ2v) is 7.10. The lowest BCUT2D eigenvalue weighted by Gasteiger charge is -2.32. The molecule has 0 aliphatic carbocycles. The zero-order valence-electron chi connectivity index (χ0n) is 15.6. The summed E-state index contributed by atoms with van der Waals surface area (Å²) in [5.74, 6) is -2.97. The van der Waals surface area contributed by atoms with Gasteiger partial charge in [-0.25, -0.2) is 0 Å². The Kier molecular flexibility index (Phi) is 7.32. The number of nitrogens with one attached hydrogen (secondary N) is 1. The molecule has 3 unspecified atom stereocenters. The van der Waals surface area contributed by atoms with Crippen LogP contribution in [0, 0.1) is 0 Å². The van der Waals surface area contributed by atoms with Gasteiger partial charge in [-0.3, -0.25) is 24.0 Å². The van der Waals surface area contributed by atoms with Crippen LogP contribution >= 0.6 is 0 Å². The van der Waals surface area contributed by atoms with Crippen molar-refractivity contribution in [3.8, 4) is 0 Å². The molecule has 3 atom stereocenters. The zero-order chi connectivity index (χ0) is 20.8. The summed E-state index contributed by atoms with van der Waals surface area (Å²) in [4.78, 5) is 62.2. The number of nitrogens with two attached hydrogens (primary N) is 2. The topological polar surface area (TPSA) is 176 Å². The summed E-state index contributed by atoms with van der Waals surface area (Å²) in [5, 5.41) is 11.0. The van der Waals surface area contributed by atoms with Crippen LogP contribution in [0.3, 0.4) is 0 Å². The molecule has 0 saturated carbocycles. The van der Waals surface area contributed by atoms with Crippen LogP contribution in [0.4, 0.5) is 0 Å². The number of rotatable bonds is 8. The van der Waals surface area contributed by atoms with Crippen molar-refractivity contribution in [1.29, 1.82) is 0 Å². The average Bonchev–Trinajstić information content (AvgIpc) is 3.32. The lowest BCUT2D eigenvalue weighted by Crippen LogP contribution is -2.55. The third-order valence-electron chi connectivity index (χ3n) is 5.09. The fraction of sp³-hybridized carbons (Fsp3) is 0.706. The number of likely N-dealkylation sites (tertiary alicyclic amines) is 2. The van der Waals surface area contributed by atoms with Crippen molar-refractivity contribution >= 4 is 29.6 Å². The summed E-state index contributed by atoms with van der Waals surface area (Å²) in [5.41, 5.74) is 10.9. The van der Waals surface area contributed by atoms with Crippen molar-refractivity contribution in [2.45, 2.75) is 56.7 Å². The van der Waals surface area contributed by atoms with Crippen LogP contribution < -0.4 is 16.8 Å². The molecule has 2 aliphatic rings. The molecule has 0 spiro atoms. The summed E-state index contributed by atoms with van der Waals surface area (Å²) in [6.45, 7) is 0.236. The lowest BCUT2D eigenvalue weighted by atomic mass is 10.1. The van der Waals surface area contributed by atoms with Crippen LogP contribution in [0.5, 0.6) is 0 Å². The summed E-state index contributed by atoms with van der Waals surface area (Å²) < 4.78 is 0. The molecule has 28 heavy (non-hydrogen) atoms. The summed E-state index contributed by atoms with van der Waals surface area (Å²) in [6.07, 6.45) is 2.25. The first-order valence-corrected chi connectivity index (χ1v) is 9.36. The SMILES string of the molecule is NC(=O)CCC(N)C(=O)N1CCCC1C(=O)N1CCCC1C(=O)NCC(=O)O. The maximum Gasteiger partial charge on any atom is 0.322 e. The molecule has 4 amide bonds. The summed E-state index contributed by atoms with van der Waals surface area (Å²) in [7, 11) is 0. The third-order valence-corrected chi connectivity index (χ3v) is 5.09. The largest absolute Gasteiger partial charge is 0.480 e. The van der Waals surface area contributed by atoms with E-state index in [1.165, 1.54) is 9.80 Å². The van der Waals surface area contributed by atoms with Crippen LogP contribution in [0.2, 0.25) is 0 Å². The molecular weight excluding hydrogens is 370 g/mol. The highest BCUT2D eigenvalue weighted by molar-refractivity contribution is 5.94. The van der Waals surface area contributed by atoms with Crippen LogP contribution in [0.25, 0.3) is 0 Å². The van der Waals surface area contributed by atoms with Gasteiger partial charge in [0.25, 0.3) is 0 Å². The van der Waals surface area contributed by atoms with E-state index in [1.807, 2.05) is 0 Å². The second kappa shape index (κ2) is 9.49. The highest BCUT2D eigenvalue weighted by Crippen LogP contribution is 2.25. The number of amides is 4. The fourth-order valence-electron chi connectivity index (χ4n) is 3.70. The standard InChI is InChI=1S/C17H27N5O6/c18-10(5-6-13(19)23)16(27)22-8-2-4-12(22)17(28)21-7-1-3-11(21)15(26)20-9-14(24)25/h10-12H,1-9,18H2,(H2,19,23)(H,20,26)(H,24,25). The number of carbonyl (C=O) groups excluding carboxylic acids is 4. The first-order chi connectivity index (χ1) is 13.2. The van der Waals surface area contributed by atoms with Crippen LogP contribution in [-0.2, 0) is 24.0 Å². The van der Waals surface area contributed by atoms with Crippen molar-refractivity contribution in [1.82, 2.24) is 15.1 Å². The number of carboxylic acid groups (broad SMARTS) is 1. The van der Waals surface area contributed by atoms with Gasteiger partial charge in [0.15, 0.2) is 0 Å². The Labute approximate surface area is 162 Å². The van der Waals surface area contributed by atoms with Gasteiger partial charge in [-0.05, 0) is 32.1 Å². The predicted octanol–water partition coefficient (Wildman–Crippen LogP) is -2.24. The first-order valence-electron chi connectivity index (χ1n) is 9.36. The van der Waals surface area contributed by atoms with E-state index in [9.17, 15) is 24.0 Å². The minimum atomic E-state index is -1.17. The number of aliphatic carboxylic acids is 1. The van der Waals surface area contributed by atoms with E-state index in [4.69, 9.17) is 16.6 Å². The Morgan fingerprint density at radius 3 is 2.25 bits per heavy atom.